The number of nitrogens with zero attached hydrogens (tertiary/aromatic N) is 4. The van der Waals surface area contributed by atoms with Gasteiger partial charge in [0.1, 0.15) is 11.6 Å². The van der Waals surface area contributed by atoms with Crippen molar-refractivity contribution in [2.75, 3.05) is 25.0 Å². The fourth-order valence-electron chi connectivity index (χ4n) is 3.30. The monoisotopic (exact) mass is 358 g/mol. The van der Waals surface area contributed by atoms with Crippen molar-refractivity contribution in [3.05, 3.63) is 48.3 Å². The molecule has 1 atom stereocenters. The lowest BCUT2D eigenvalue weighted by Gasteiger charge is -2.21. The van der Waals surface area contributed by atoms with Crippen molar-refractivity contribution < 1.29 is 14.0 Å². The van der Waals surface area contributed by atoms with Crippen LogP contribution in [-0.2, 0) is 23.1 Å². The number of imidazole rings is 1. The van der Waals surface area contributed by atoms with E-state index in [0.29, 0.717) is 18.8 Å². The Balaban J connectivity index is 1.54. The Hall–Kier alpha value is -2.70. The van der Waals surface area contributed by atoms with Crippen LogP contribution in [0.5, 0.6) is 0 Å². The molecule has 1 saturated heterocycles. The molecule has 0 bridgehead atoms. The Labute approximate surface area is 152 Å². The van der Waals surface area contributed by atoms with Gasteiger partial charge in [0, 0.05) is 58.1 Å². The first-order valence-electron chi connectivity index (χ1n) is 8.73. The summed E-state index contributed by atoms with van der Waals surface area (Å²) in [6, 6.07) is 5.91. The van der Waals surface area contributed by atoms with Gasteiger partial charge < -0.3 is 14.4 Å². The lowest BCUT2D eigenvalue weighted by Crippen LogP contribution is -2.35. The van der Waals surface area contributed by atoms with Crippen molar-refractivity contribution in [1.82, 2.24) is 14.5 Å². The Bertz CT molecular complexity index is 804. The van der Waals surface area contributed by atoms with Gasteiger partial charge in [0.15, 0.2) is 0 Å². The second kappa shape index (κ2) is 7.68. The second-order valence-corrected chi connectivity index (χ2v) is 6.70. The quantitative estimate of drug-likeness (QED) is 0.794. The van der Waals surface area contributed by atoms with Crippen molar-refractivity contribution in [1.29, 1.82) is 0 Å². The molecule has 2 amide bonds. The van der Waals surface area contributed by atoms with Crippen LogP contribution in [0.25, 0.3) is 0 Å². The van der Waals surface area contributed by atoms with Crippen LogP contribution >= 0.6 is 0 Å². The lowest BCUT2D eigenvalue weighted by atomic mass is 10.1. The van der Waals surface area contributed by atoms with E-state index in [1.807, 2.05) is 17.8 Å². The zero-order chi connectivity index (χ0) is 18.7. The van der Waals surface area contributed by atoms with E-state index in [1.165, 1.54) is 17.0 Å². The van der Waals surface area contributed by atoms with Crippen molar-refractivity contribution in [2.45, 2.75) is 19.3 Å². The molecule has 138 valence electrons. The maximum absolute atomic E-state index is 13.4. The average Bonchev–Trinajstić information content (AvgIpc) is 3.20. The highest BCUT2D eigenvalue weighted by Crippen LogP contribution is 2.26. The molecular formula is C19H23FN4O2. The molecule has 1 aromatic heterocycles. The number of amides is 2. The molecule has 6 nitrogen and oxygen atoms in total. The summed E-state index contributed by atoms with van der Waals surface area (Å²) in [6.07, 6.45) is 5.42. The maximum atomic E-state index is 13.4. The van der Waals surface area contributed by atoms with E-state index in [9.17, 15) is 14.0 Å². The van der Waals surface area contributed by atoms with Crippen LogP contribution in [0.1, 0.15) is 18.7 Å². The van der Waals surface area contributed by atoms with Crippen molar-refractivity contribution in [3.8, 4) is 0 Å². The molecule has 0 N–H and O–H groups in total. The van der Waals surface area contributed by atoms with E-state index in [2.05, 4.69) is 4.98 Å². The molecule has 0 spiro atoms. The molecule has 0 saturated carbocycles. The number of hydrogen-bond acceptors (Lipinski definition) is 3. The molecule has 1 fully saturated rings. The van der Waals surface area contributed by atoms with Gasteiger partial charge in [0.25, 0.3) is 0 Å². The second-order valence-electron chi connectivity index (χ2n) is 6.70. The largest absolute Gasteiger partial charge is 0.345 e. The van der Waals surface area contributed by atoms with Crippen LogP contribution in [0.4, 0.5) is 10.1 Å². The van der Waals surface area contributed by atoms with E-state index in [4.69, 9.17) is 0 Å². The van der Waals surface area contributed by atoms with Gasteiger partial charge in [0.05, 0.1) is 5.92 Å². The van der Waals surface area contributed by atoms with Crippen LogP contribution in [-0.4, -0.2) is 46.4 Å². The topological polar surface area (TPSA) is 58.4 Å². The first-order valence-corrected chi connectivity index (χ1v) is 8.73. The number of anilines is 1. The third-order valence-corrected chi connectivity index (χ3v) is 4.79. The summed E-state index contributed by atoms with van der Waals surface area (Å²) in [6.45, 7) is 0.904. The van der Waals surface area contributed by atoms with E-state index in [-0.39, 0.29) is 24.2 Å². The number of carbonyl (C=O) groups excluding carboxylic acids is 2. The number of aromatic nitrogens is 2. The molecule has 0 aliphatic carbocycles. The smallest absolute Gasteiger partial charge is 0.227 e. The molecule has 7 heteroatoms. The highest BCUT2D eigenvalue weighted by Gasteiger charge is 2.36. The number of aryl methyl sites for hydroxylation is 2. The molecular weight excluding hydrogens is 335 g/mol. The molecule has 0 unspecified atom stereocenters. The molecule has 26 heavy (non-hydrogen) atoms. The van der Waals surface area contributed by atoms with Crippen LogP contribution in [0, 0.1) is 11.7 Å². The van der Waals surface area contributed by atoms with Crippen molar-refractivity contribution in [2.24, 2.45) is 13.0 Å². The molecule has 1 aliphatic rings. The number of carbonyl (C=O) groups is 2. The first-order chi connectivity index (χ1) is 12.5. The van der Waals surface area contributed by atoms with Gasteiger partial charge in [0.2, 0.25) is 11.8 Å². The number of rotatable bonds is 6. The SMILES string of the molecule is CN(CCCc1nccn1C)C(=O)[C@@H]1CC(=O)N(c2cccc(F)c2)C1. The highest BCUT2D eigenvalue weighted by molar-refractivity contribution is 6.00. The summed E-state index contributed by atoms with van der Waals surface area (Å²) in [5.74, 6) is 0.0204. The van der Waals surface area contributed by atoms with Gasteiger partial charge in [-0.05, 0) is 24.6 Å². The molecule has 0 radical (unpaired) electrons. The van der Waals surface area contributed by atoms with Crippen molar-refractivity contribution in [3.63, 3.8) is 0 Å². The van der Waals surface area contributed by atoms with E-state index < -0.39 is 5.82 Å². The predicted molar refractivity (Wildman–Crippen MR) is 96.0 cm³/mol. The van der Waals surface area contributed by atoms with E-state index in [0.717, 1.165) is 18.7 Å². The fourth-order valence-corrected chi connectivity index (χ4v) is 3.30. The van der Waals surface area contributed by atoms with Gasteiger partial charge >= 0.3 is 0 Å². The van der Waals surface area contributed by atoms with Crippen LogP contribution in [0.15, 0.2) is 36.7 Å². The lowest BCUT2D eigenvalue weighted by molar-refractivity contribution is -0.134. The summed E-state index contributed by atoms with van der Waals surface area (Å²) >= 11 is 0. The fraction of sp³-hybridized carbons (Fsp3) is 0.421. The van der Waals surface area contributed by atoms with Gasteiger partial charge in [-0.15, -0.1) is 0 Å². The van der Waals surface area contributed by atoms with Gasteiger partial charge in [-0.1, -0.05) is 6.07 Å². The van der Waals surface area contributed by atoms with Gasteiger partial charge in [-0.3, -0.25) is 9.59 Å². The van der Waals surface area contributed by atoms with Gasteiger partial charge in [-0.2, -0.15) is 0 Å². The minimum Gasteiger partial charge on any atom is -0.345 e. The summed E-state index contributed by atoms with van der Waals surface area (Å²) in [7, 11) is 3.71. The Morgan fingerprint density at radius 1 is 1.42 bits per heavy atom. The minimum absolute atomic E-state index is 0.0444. The summed E-state index contributed by atoms with van der Waals surface area (Å²) in [4.78, 5) is 32.3. The molecule has 2 heterocycles. The summed E-state index contributed by atoms with van der Waals surface area (Å²) < 4.78 is 15.4. The highest BCUT2D eigenvalue weighted by atomic mass is 19.1. The molecule has 2 aromatic rings. The summed E-state index contributed by atoms with van der Waals surface area (Å²) in [5, 5.41) is 0. The standard InChI is InChI=1S/C19H23FN4O2/c1-22-10-8-21-17(22)7-4-9-23(2)19(26)14-11-18(25)24(13-14)16-6-3-5-15(20)12-16/h3,5-6,8,10,12,14H,4,7,9,11,13H2,1-2H3/t14-/m1/s1. The van der Waals surface area contributed by atoms with E-state index in [1.54, 1.807) is 30.3 Å². The number of hydrogen-bond donors (Lipinski definition) is 0. The molecule has 1 aliphatic heterocycles. The van der Waals surface area contributed by atoms with Crippen LogP contribution in [0.3, 0.4) is 0 Å². The Morgan fingerprint density at radius 2 is 2.23 bits per heavy atom. The maximum Gasteiger partial charge on any atom is 0.227 e. The van der Waals surface area contributed by atoms with Crippen LogP contribution < -0.4 is 4.90 Å². The zero-order valence-corrected chi connectivity index (χ0v) is 15.1. The first kappa shape index (κ1) is 18.1. The molecule has 1 aromatic carbocycles. The van der Waals surface area contributed by atoms with Gasteiger partial charge in [-0.25, -0.2) is 9.37 Å². The van der Waals surface area contributed by atoms with Crippen LogP contribution in [0.2, 0.25) is 0 Å². The zero-order valence-electron chi connectivity index (χ0n) is 15.1. The average molecular weight is 358 g/mol. The number of halogens is 1. The number of benzene rings is 1. The summed E-state index contributed by atoms with van der Waals surface area (Å²) in [5.41, 5.74) is 0.503. The van der Waals surface area contributed by atoms with E-state index >= 15 is 0 Å². The third-order valence-electron chi connectivity index (χ3n) is 4.79. The normalized spacial score (nSPS) is 17.0. The Morgan fingerprint density at radius 3 is 2.92 bits per heavy atom. The molecule has 3 rings (SSSR count). The van der Waals surface area contributed by atoms with Crippen molar-refractivity contribution >= 4 is 17.5 Å². The minimum atomic E-state index is -0.392. The predicted octanol–water partition coefficient (Wildman–Crippen LogP) is 2.00. The third kappa shape index (κ3) is 3.92. The Kier molecular flexibility index (Phi) is 5.35.